The van der Waals surface area contributed by atoms with Gasteiger partial charge in [-0.2, -0.15) is 0 Å². The highest BCUT2D eigenvalue weighted by Gasteiger charge is 2.21. The van der Waals surface area contributed by atoms with Crippen LogP contribution in [0.2, 0.25) is 0 Å². The lowest BCUT2D eigenvalue weighted by molar-refractivity contribution is 0.225. The van der Waals surface area contributed by atoms with Crippen LogP contribution in [0.5, 0.6) is 0 Å². The first kappa shape index (κ1) is 10.0. The third kappa shape index (κ3) is 2.76. The molecule has 1 aliphatic rings. The van der Waals surface area contributed by atoms with Crippen LogP contribution in [0.1, 0.15) is 39.0 Å². The minimum Gasteiger partial charge on any atom is -0.396 e. The van der Waals surface area contributed by atoms with Crippen LogP contribution in [0.15, 0.2) is 0 Å². The molecule has 0 aromatic heterocycles. The number of aliphatic hydroxyl groups is 1. The molecule has 2 heteroatoms. The maximum atomic E-state index is 8.64. The molecule has 0 saturated carbocycles. The van der Waals surface area contributed by atoms with E-state index in [1.54, 1.807) is 0 Å². The highest BCUT2D eigenvalue weighted by Crippen LogP contribution is 2.19. The minimum absolute atomic E-state index is 0.352. The Kier molecular flexibility index (Phi) is 4.62. The summed E-state index contributed by atoms with van der Waals surface area (Å²) >= 11 is 0. The van der Waals surface area contributed by atoms with Crippen LogP contribution >= 0.6 is 0 Å². The fourth-order valence-electron chi connectivity index (χ4n) is 2.08. The molecule has 1 fully saturated rings. The summed E-state index contributed by atoms with van der Waals surface area (Å²) in [6.07, 6.45) is 6.17. The van der Waals surface area contributed by atoms with E-state index in [1.807, 2.05) is 0 Å². The van der Waals surface area contributed by atoms with E-state index in [0.717, 1.165) is 18.9 Å². The van der Waals surface area contributed by atoms with Gasteiger partial charge in [-0.1, -0.05) is 6.92 Å². The first-order valence-corrected chi connectivity index (χ1v) is 5.23. The van der Waals surface area contributed by atoms with Crippen molar-refractivity contribution in [2.75, 3.05) is 19.7 Å². The first-order chi connectivity index (χ1) is 5.88. The second-order valence-corrected chi connectivity index (χ2v) is 3.67. The van der Waals surface area contributed by atoms with E-state index in [9.17, 15) is 0 Å². The standard InChI is InChI=1S/C10H21NO/c1-2-10-6-5-8-11(10)7-3-4-9-12/h10,12H,2-9H2,1H3. The van der Waals surface area contributed by atoms with Crippen molar-refractivity contribution in [2.24, 2.45) is 0 Å². The molecule has 1 saturated heterocycles. The normalized spacial score (nSPS) is 25.0. The Labute approximate surface area is 75.6 Å². The summed E-state index contributed by atoms with van der Waals surface area (Å²) in [5, 5.41) is 8.64. The van der Waals surface area contributed by atoms with E-state index in [0.29, 0.717) is 6.61 Å². The lowest BCUT2D eigenvalue weighted by atomic mass is 10.1. The monoisotopic (exact) mass is 171 g/mol. The minimum atomic E-state index is 0.352. The van der Waals surface area contributed by atoms with Crippen LogP contribution in [-0.2, 0) is 0 Å². The van der Waals surface area contributed by atoms with Gasteiger partial charge in [0.05, 0.1) is 0 Å². The van der Waals surface area contributed by atoms with Gasteiger partial charge in [0.25, 0.3) is 0 Å². The van der Waals surface area contributed by atoms with Gasteiger partial charge in [-0.05, 0) is 45.2 Å². The van der Waals surface area contributed by atoms with Gasteiger partial charge in [0, 0.05) is 12.6 Å². The van der Waals surface area contributed by atoms with Crippen LogP contribution in [0.25, 0.3) is 0 Å². The quantitative estimate of drug-likeness (QED) is 0.636. The molecule has 0 amide bonds. The van der Waals surface area contributed by atoms with Crippen LogP contribution in [-0.4, -0.2) is 35.7 Å². The van der Waals surface area contributed by atoms with E-state index in [1.165, 1.54) is 32.4 Å². The Balaban J connectivity index is 2.12. The molecule has 0 bridgehead atoms. The molecular formula is C10H21NO. The van der Waals surface area contributed by atoms with Crippen molar-refractivity contribution in [3.05, 3.63) is 0 Å². The van der Waals surface area contributed by atoms with Gasteiger partial charge in [-0.3, -0.25) is 0 Å². The summed E-state index contributed by atoms with van der Waals surface area (Å²) in [4.78, 5) is 2.58. The smallest absolute Gasteiger partial charge is 0.0431 e. The van der Waals surface area contributed by atoms with Crippen molar-refractivity contribution in [1.82, 2.24) is 4.90 Å². The summed E-state index contributed by atoms with van der Waals surface area (Å²) in [7, 11) is 0. The Morgan fingerprint density at radius 2 is 2.25 bits per heavy atom. The Morgan fingerprint density at radius 3 is 2.92 bits per heavy atom. The molecule has 1 unspecified atom stereocenters. The lowest BCUT2D eigenvalue weighted by Gasteiger charge is -2.22. The number of nitrogens with zero attached hydrogens (tertiary/aromatic N) is 1. The number of hydrogen-bond acceptors (Lipinski definition) is 2. The summed E-state index contributed by atoms with van der Waals surface area (Å²) in [6, 6.07) is 0.837. The van der Waals surface area contributed by atoms with Gasteiger partial charge in [0.15, 0.2) is 0 Å². The van der Waals surface area contributed by atoms with Crippen molar-refractivity contribution in [3.63, 3.8) is 0 Å². The third-order valence-electron chi connectivity index (χ3n) is 2.82. The van der Waals surface area contributed by atoms with Crippen LogP contribution in [0, 0.1) is 0 Å². The average molecular weight is 171 g/mol. The SMILES string of the molecule is CCC1CCCN1CCCCO. The highest BCUT2D eigenvalue weighted by atomic mass is 16.2. The first-order valence-electron chi connectivity index (χ1n) is 5.23. The van der Waals surface area contributed by atoms with Gasteiger partial charge in [-0.25, -0.2) is 0 Å². The maximum absolute atomic E-state index is 8.64. The number of aliphatic hydroxyl groups excluding tert-OH is 1. The van der Waals surface area contributed by atoms with E-state index < -0.39 is 0 Å². The lowest BCUT2D eigenvalue weighted by Crippen LogP contribution is -2.29. The zero-order valence-electron chi connectivity index (χ0n) is 8.13. The zero-order chi connectivity index (χ0) is 8.81. The largest absolute Gasteiger partial charge is 0.396 e. The summed E-state index contributed by atoms with van der Waals surface area (Å²) < 4.78 is 0. The van der Waals surface area contributed by atoms with Crippen molar-refractivity contribution in [1.29, 1.82) is 0 Å². The van der Waals surface area contributed by atoms with Gasteiger partial charge >= 0.3 is 0 Å². The molecule has 0 aromatic carbocycles. The molecule has 1 rings (SSSR count). The number of unbranched alkanes of at least 4 members (excludes halogenated alkanes) is 1. The number of hydrogen-bond donors (Lipinski definition) is 1. The zero-order valence-corrected chi connectivity index (χ0v) is 8.13. The Bertz CT molecular complexity index is 116. The van der Waals surface area contributed by atoms with Crippen LogP contribution in [0.3, 0.4) is 0 Å². The molecule has 0 radical (unpaired) electrons. The van der Waals surface area contributed by atoms with E-state index in [4.69, 9.17) is 5.11 Å². The van der Waals surface area contributed by atoms with Gasteiger partial charge in [-0.15, -0.1) is 0 Å². The van der Waals surface area contributed by atoms with E-state index >= 15 is 0 Å². The molecule has 1 aliphatic heterocycles. The molecule has 1 N–H and O–H groups in total. The second-order valence-electron chi connectivity index (χ2n) is 3.67. The molecular weight excluding hydrogens is 150 g/mol. The van der Waals surface area contributed by atoms with Crippen LogP contribution < -0.4 is 0 Å². The molecule has 1 heterocycles. The Morgan fingerprint density at radius 1 is 1.42 bits per heavy atom. The van der Waals surface area contributed by atoms with Crippen molar-refractivity contribution in [3.8, 4) is 0 Å². The molecule has 12 heavy (non-hydrogen) atoms. The fourth-order valence-corrected chi connectivity index (χ4v) is 2.08. The van der Waals surface area contributed by atoms with Crippen LogP contribution in [0.4, 0.5) is 0 Å². The predicted octanol–water partition coefficient (Wildman–Crippen LogP) is 1.63. The molecule has 0 aromatic rings. The second kappa shape index (κ2) is 5.55. The number of rotatable bonds is 5. The molecule has 72 valence electrons. The molecule has 1 atom stereocenters. The van der Waals surface area contributed by atoms with Gasteiger partial charge in [0.2, 0.25) is 0 Å². The van der Waals surface area contributed by atoms with Crippen molar-refractivity contribution in [2.45, 2.75) is 45.1 Å². The van der Waals surface area contributed by atoms with Crippen molar-refractivity contribution < 1.29 is 5.11 Å². The summed E-state index contributed by atoms with van der Waals surface area (Å²) in [6.45, 7) is 5.10. The maximum Gasteiger partial charge on any atom is 0.0431 e. The molecule has 2 nitrogen and oxygen atoms in total. The summed E-state index contributed by atoms with van der Waals surface area (Å²) in [5.41, 5.74) is 0. The Hall–Kier alpha value is -0.0800. The van der Waals surface area contributed by atoms with Crippen molar-refractivity contribution >= 4 is 0 Å². The van der Waals surface area contributed by atoms with Gasteiger partial charge < -0.3 is 10.0 Å². The number of likely N-dealkylation sites (tertiary alicyclic amines) is 1. The van der Waals surface area contributed by atoms with E-state index in [-0.39, 0.29) is 0 Å². The van der Waals surface area contributed by atoms with Gasteiger partial charge in [0.1, 0.15) is 0 Å². The highest BCUT2D eigenvalue weighted by molar-refractivity contribution is 4.77. The topological polar surface area (TPSA) is 23.5 Å². The molecule has 0 spiro atoms. The third-order valence-corrected chi connectivity index (χ3v) is 2.82. The average Bonchev–Trinajstić information content (AvgIpc) is 2.52. The predicted molar refractivity (Wildman–Crippen MR) is 51.2 cm³/mol. The van der Waals surface area contributed by atoms with E-state index in [2.05, 4.69) is 11.8 Å². The molecule has 0 aliphatic carbocycles. The fraction of sp³-hybridized carbons (Fsp3) is 1.00. The summed E-state index contributed by atoms with van der Waals surface area (Å²) in [5.74, 6) is 0.